The van der Waals surface area contributed by atoms with Gasteiger partial charge in [-0.1, -0.05) is 219 Å². The molecule has 52 heavy (non-hydrogen) atoms. The van der Waals surface area contributed by atoms with Gasteiger partial charge in [-0.2, -0.15) is 0 Å². The van der Waals surface area contributed by atoms with Crippen molar-refractivity contribution in [2.45, 2.75) is 245 Å². The highest BCUT2D eigenvalue weighted by molar-refractivity contribution is 7.47. The molecule has 0 aromatic carbocycles. The second-order valence-electron chi connectivity index (χ2n) is 15.3. The molecule has 0 aromatic rings. The number of hydrogen-bond acceptors (Lipinski definition) is 6. The van der Waals surface area contributed by atoms with E-state index in [1.807, 2.05) is 0 Å². The highest BCUT2D eigenvalue weighted by Gasteiger charge is 2.20. The minimum Gasteiger partial charge on any atom is -0.302 e. The predicted molar refractivity (Wildman–Crippen MR) is 221 cm³/mol. The summed E-state index contributed by atoms with van der Waals surface area (Å²) in [6, 6.07) is 0. The number of hydrogen-bond donors (Lipinski definition) is 2. The third-order valence-corrected chi connectivity index (χ3v) is 12.1. The van der Waals surface area contributed by atoms with Crippen molar-refractivity contribution in [3.63, 3.8) is 0 Å². The van der Waals surface area contributed by atoms with Crippen LogP contribution in [0.25, 0.3) is 0 Å². The number of rotatable bonds is 45. The Balaban J connectivity index is 3.33. The van der Waals surface area contributed by atoms with Gasteiger partial charge in [0.2, 0.25) is 0 Å². The van der Waals surface area contributed by atoms with Crippen LogP contribution in [0.3, 0.4) is 0 Å². The van der Waals surface area contributed by atoms with E-state index in [9.17, 15) is 18.9 Å². The van der Waals surface area contributed by atoms with E-state index in [1.54, 1.807) is 0 Å². The van der Waals surface area contributed by atoms with Crippen molar-refractivity contribution in [2.75, 3.05) is 26.4 Å². The standard InChI is InChI=1S/C42H88O8P2/c1-3-5-7-9-11-13-23-27-31-35-39-47-51(43,44)49-41-37-33-29-25-21-19-17-15-16-18-20-22-26-30-34-38-42-50-52(45,46)48-40-36-32-28-24-14-12-10-8-6-4-2/h3-42H2,1-2H3,(H,43,44)(H,45,46). The Morgan fingerprint density at radius 3 is 0.558 bits per heavy atom. The number of phosphoric ester groups is 2. The van der Waals surface area contributed by atoms with E-state index in [0.29, 0.717) is 26.4 Å². The molecule has 0 saturated heterocycles. The van der Waals surface area contributed by atoms with Crippen LogP contribution in [0.4, 0.5) is 0 Å². The molecule has 2 N–H and O–H groups in total. The monoisotopic (exact) mass is 783 g/mol. The summed E-state index contributed by atoms with van der Waals surface area (Å²) in [5.41, 5.74) is 0. The minimum atomic E-state index is -3.90. The maximum atomic E-state index is 12.0. The molecule has 0 amide bonds. The van der Waals surface area contributed by atoms with Crippen LogP contribution >= 0.6 is 15.6 Å². The van der Waals surface area contributed by atoms with Crippen LogP contribution in [-0.2, 0) is 27.2 Å². The molecule has 0 saturated carbocycles. The molecule has 0 bridgehead atoms. The van der Waals surface area contributed by atoms with Gasteiger partial charge in [0.15, 0.2) is 0 Å². The van der Waals surface area contributed by atoms with Crippen molar-refractivity contribution in [3.05, 3.63) is 0 Å². The zero-order valence-electron chi connectivity index (χ0n) is 34.5. The van der Waals surface area contributed by atoms with E-state index in [2.05, 4.69) is 13.8 Å². The van der Waals surface area contributed by atoms with E-state index in [1.165, 1.54) is 167 Å². The molecule has 314 valence electrons. The molecular weight excluding hydrogens is 694 g/mol. The lowest BCUT2D eigenvalue weighted by Gasteiger charge is -2.12. The fourth-order valence-corrected chi connectivity index (χ4v) is 8.24. The van der Waals surface area contributed by atoms with E-state index < -0.39 is 15.6 Å². The van der Waals surface area contributed by atoms with Crippen molar-refractivity contribution < 1.29 is 37.0 Å². The second kappa shape index (κ2) is 40.9. The molecular formula is C42H88O8P2. The summed E-state index contributed by atoms with van der Waals surface area (Å²) in [6.45, 7) is 5.68. The molecule has 0 radical (unpaired) electrons. The van der Waals surface area contributed by atoms with Crippen LogP contribution in [0.2, 0.25) is 0 Å². The maximum Gasteiger partial charge on any atom is 0.472 e. The third kappa shape index (κ3) is 43.0. The van der Waals surface area contributed by atoms with Crippen molar-refractivity contribution in [1.29, 1.82) is 0 Å². The first kappa shape index (κ1) is 52.2. The first-order valence-electron chi connectivity index (χ1n) is 22.6. The Morgan fingerprint density at radius 2 is 0.404 bits per heavy atom. The highest BCUT2D eigenvalue weighted by atomic mass is 31.2. The predicted octanol–water partition coefficient (Wildman–Crippen LogP) is 15.3. The summed E-state index contributed by atoms with van der Waals surface area (Å²) in [5.74, 6) is 0. The Hall–Kier alpha value is 0.220. The summed E-state index contributed by atoms with van der Waals surface area (Å²) < 4.78 is 44.7. The van der Waals surface area contributed by atoms with Crippen LogP contribution in [0, 0.1) is 0 Å². The summed E-state index contributed by atoms with van der Waals surface area (Å²) in [7, 11) is -7.80. The van der Waals surface area contributed by atoms with Crippen LogP contribution in [0.5, 0.6) is 0 Å². The van der Waals surface area contributed by atoms with Gasteiger partial charge in [-0.25, -0.2) is 9.13 Å². The average molecular weight is 783 g/mol. The summed E-state index contributed by atoms with van der Waals surface area (Å²) >= 11 is 0. The zero-order valence-corrected chi connectivity index (χ0v) is 36.3. The van der Waals surface area contributed by atoms with Gasteiger partial charge < -0.3 is 9.79 Å². The molecule has 8 nitrogen and oxygen atoms in total. The quantitative estimate of drug-likeness (QED) is 0.0464. The summed E-state index contributed by atoms with van der Waals surface area (Å²) in [6.07, 6.45) is 43.3. The number of unbranched alkanes of at least 4 members (excludes halogenated alkanes) is 33. The van der Waals surface area contributed by atoms with Gasteiger partial charge in [-0.3, -0.25) is 18.1 Å². The molecule has 0 heterocycles. The molecule has 0 spiro atoms. The van der Waals surface area contributed by atoms with E-state index in [0.717, 1.165) is 64.2 Å². The Kier molecular flexibility index (Phi) is 41.0. The Morgan fingerprint density at radius 1 is 0.269 bits per heavy atom. The highest BCUT2D eigenvalue weighted by Crippen LogP contribution is 2.44. The third-order valence-electron chi connectivity index (χ3n) is 10.1. The van der Waals surface area contributed by atoms with Gasteiger partial charge in [0, 0.05) is 0 Å². The molecule has 10 heteroatoms. The molecule has 2 unspecified atom stereocenters. The first-order valence-corrected chi connectivity index (χ1v) is 25.6. The van der Waals surface area contributed by atoms with Crippen LogP contribution in [-0.4, -0.2) is 36.2 Å². The fraction of sp³-hybridized carbons (Fsp3) is 1.00. The van der Waals surface area contributed by atoms with Crippen LogP contribution in [0.15, 0.2) is 0 Å². The average Bonchev–Trinajstić information content (AvgIpc) is 3.12. The van der Waals surface area contributed by atoms with Gasteiger partial charge in [-0.15, -0.1) is 0 Å². The Bertz CT molecular complexity index is 736. The molecule has 0 fully saturated rings. The van der Waals surface area contributed by atoms with Crippen LogP contribution in [0.1, 0.15) is 245 Å². The van der Waals surface area contributed by atoms with Crippen LogP contribution < -0.4 is 0 Å². The van der Waals surface area contributed by atoms with E-state index in [-0.39, 0.29) is 0 Å². The van der Waals surface area contributed by atoms with Gasteiger partial charge >= 0.3 is 15.6 Å². The molecule has 0 rings (SSSR count). The molecule has 0 aliphatic heterocycles. The minimum absolute atomic E-state index is 0.294. The summed E-state index contributed by atoms with van der Waals surface area (Å²) in [4.78, 5) is 19.7. The SMILES string of the molecule is CCCCCCCCCCCCOP(=O)(O)OCCCCCCCCCCCCCCCCCCOP(=O)(O)OCCCCCCCCCCCC. The molecule has 0 aromatic heterocycles. The van der Waals surface area contributed by atoms with Crippen molar-refractivity contribution in [3.8, 4) is 0 Å². The van der Waals surface area contributed by atoms with Gasteiger partial charge in [0.25, 0.3) is 0 Å². The Labute approximate surface area is 323 Å². The first-order chi connectivity index (χ1) is 25.3. The lowest BCUT2D eigenvalue weighted by molar-refractivity contribution is 0.144. The molecule has 2 atom stereocenters. The summed E-state index contributed by atoms with van der Waals surface area (Å²) in [5, 5.41) is 0. The smallest absolute Gasteiger partial charge is 0.302 e. The largest absolute Gasteiger partial charge is 0.472 e. The van der Waals surface area contributed by atoms with E-state index in [4.69, 9.17) is 18.1 Å². The van der Waals surface area contributed by atoms with Gasteiger partial charge in [0.1, 0.15) is 0 Å². The molecule has 0 aliphatic carbocycles. The molecule has 0 aliphatic rings. The zero-order chi connectivity index (χ0) is 38.1. The van der Waals surface area contributed by atoms with Gasteiger partial charge in [0.05, 0.1) is 26.4 Å². The normalized spacial score (nSPS) is 14.2. The maximum absolute atomic E-state index is 12.0. The number of phosphoric acid groups is 2. The lowest BCUT2D eigenvalue weighted by Crippen LogP contribution is -1.99. The topological polar surface area (TPSA) is 112 Å². The van der Waals surface area contributed by atoms with Gasteiger partial charge in [-0.05, 0) is 25.7 Å². The second-order valence-corrected chi connectivity index (χ2v) is 18.2. The van der Waals surface area contributed by atoms with Crippen molar-refractivity contribution in [1.82, 2.24) is 0 Å². The van der Waals surface area contributed by atoms with Crippen molar-refractivity contribution in [2.24, 2.45) is 0 Å². The fourth-order valence-electron chi connectivity index (χ4n) is 6.65. The van der Waals surface area contributed by atoms with E-state index >= 15 is 0 Å². The van der Waals surface area contributed by atoms with Crippen molar-refractivity contribution >= 4 is 15.6 Å². The lowest BCUT2D eigenvalue weighted by atomic mass is 10.0.